The highest BCUT2D eigenvalue weighted by Gasteiger charge is 2.43. The summed E-state index contributed by atoms with van der Waals surface area (Å²) in [5.74, 6) is 1.81. The Balaban J connectivity index is 1.69. The second-order valence-corrected chi connectivity index (χ2v) is 7.79. The number of guanidine groups is 1. The van der Waals surface area contributed by atoms with Crippen LogP contribution in [-0.2, 0) is 4.79 Å². The molecule has 0 radical (unpaired) electrons. The quantitative estimate of drug-likeness (QED) is 0.497. The van der Waals surface area contributed by atoms with Crippen LogP contribution in [0, 0.1) is 0 Å². The summed E-state index contributed by atoms with van der Waals surface area (Å²) in [6.07, 6.45) is 7.00. The molecule has 154 valence electrons. The highest BCUT2D eigenvalue weighted by atomic mass is 16.5. The number of para-hydroxylation sites is 1. The van der Waals surface area contributed by atoms with Gasteiger partial charge < -0.3 is 20.7 Å². The van der Waals surface area contributed by atoms with Crippen LogP contribution < -0.4 is 20.7 Å². The van der Waals surface area contributed by atoms with Crippen molar-refractivity contribution >= 4 is 11.9 Å². The van der Waals surface area contributed by atoms with E-state index >= 15 is 0 Å². The second-order valence-electron chi connectivity index (χ2n) is 7.79. The summed E-state index contributed by atoms with van der Waals surface area (Å²) in [6, 6.07) is 8.47. The molecule has 1 atom stereocenters. The van der Waals surface area contributed by atoms with Crippen molar-refractivity contribution in [3.8, 4) is 5.75 Å². The van der Waals surface area contributed by atoms with Crippen molar-refractivity contribution in [2.45, 2.75) is 70.4 Å². The summed E-state index contributed by atoms with van der Waals surface area (Å²) in [7, 11) is 0. The van der Waals surface area contributed by atoms with E-state index in [2.05, 4.69) is 53.0 Å². The lowest BCUT2D eigenvalue weighted by Crippen LogP contribution is -2.46. The van der Waals surface area contributed by atoms with E-state index < -0.39 is 0 Å². The topological polar surface area (TPSA) is 74.8 Å². The average Bonchev–Trinajstić information content (AvgIpc) is 3.13. The number of amides is 1. The minimum atomic E-state index is -0.0522. The van der Waals surface area contributed by atoms with E-state index in [1.165, 1.54) is 18.4 Å². The van der Waals surface area contributed by atoms with Gasteiger partial charge in [-0.05, 0) is 45.1 Å². The van der Waals surface area contributed by atoms with Crippen LogP contribution in [0.5, 0.6) is 5.75 Å². The Morgan fingerprint density at radius 2 is 2.00 bits per heavy atom. The third-order valence-electron chi connectivity index (χ3n) is 5.55. The van der Waals surface area contributed by atoms with Gasteiger partial charge in [0.25, 0.3) is 0 Å². The highest BCUT2D eigenvalue weighted by molar-refractivity contribution is 5.81. The van der Waals surface area contributed by atoms with Gasteiger partial charge in [-0.2, -0.15) is 0 Å². The van der Waals surface area contributed by atoms with Crippen molar-refractivity contribution in [3.05, 3.63) is 29.8 Å². The number of benzene rings is 1. The fraction of sp³-hybridized carbons (Fsp3) is 0.636. The maximum absolute atomic E-state index is 11.8. The average molecular weight is 387 g/mol. The first kappa shape index (κ1) is 20.5. The Morgan fingerprint density at radius 1 is 1.21 bits per heavy atom. The van der Waals surface area contributed by atoms with Gasteiger partial charge in [0.2, 0.25) is 5.91 Å². The molecule has 1 amide bonds. The number of hydrogen-bond donors (Lipinski definition) is 3. The maximum Gasteiger partial charge on any atom is 0.221 e. The largest absolute Gasteiger partial charge is 0.487 e. The molecule has 6 heteroatoms. The molecule has 1 fully saturated rings. The van der Waals surface area contributed by atoms with E-state index in [0.717, 1.165) is 50.5 Å². The van der Waals surface area contributed by atoms with Gasteiger partial charge in [0.05, 0.1) is 12.6 Å². The van der Waals surface area contributed by atoms with E-state index in [-0.39, 0.29) is 17.6 Å². The van der Waals surface area contributed by atoms with Crippen molar-refractivity contribution in [2.24, 2.45) is 4.99 Å². The molecule has 3 N–H and O–H groups in total. The molecule has 1 aliphatic carbocycles. The van der Waals surface area contributed by atoms with Crippen molar-refractivity contribution < 1.29 is 9.53 Å². The third-order valence-corrected chi connectivity index (χ3v) is 5.55. The predicted octanol–water partition coefficient (Wildman–Crippen LogP) is 3.29. The molecule has 1 heterocycles. The van der Waals surface area contributed by atoms with Gasteiger partial charge in [-0.1, -0.05) is 25.1 Å². The zero-order valence-corrected chi connectivity index (χ0v) is 17.2. The zero-order valence-electron chi connectivity index (χ0n) is 17.2. The summed E-state index contributed by atoms with van der Waals surface area (Å²) < 4.78 is 6.45. The van der Waals surface area contributed by atoms with E-state index in [1.54, 1.807) is 0 Å². The van der Waals surface area contributed by atoms with Gasteiger partial charge in [0.1, 0.15) is 11.4 Å². The Labute approximate surface area is 168 Å². The van der Waals surface area contributed by atoms with Gasteiger partial charge in [-0.3, -0.25) is 9.79 Å². The lowest BCUT2D eigenvalue weighted by Gasteiger charge is -2.40. The predicted molar refractivity (Wildman–Crippen MR) is 113 cm³/mol. The molecule has 28 heavy (non-hydrogen) atoms. The zero-order chi connectivity index (χ0) is 19.8. The first-order chi connectivity index (χ1) is 13.7. The van der Waals surface area contributed by atoms with Crippen LogP contribution >= 0.6 is 0 Å². The molecular formula is C22H34N4O2. The van der Waals surface area contributed by atoms with Crippen LogP contribution in [-0.4, -0.2) is 37.1 Å². The number of carbonyl (C=O) groups excluding carboxylic acids is 1. The molecule has 1 saturated carbocycles. The fourth-order valence-electron chi connectivity index (χ4n) is 4.18. The number of nitrogens with one attached hydrogen (secondary N) is 3. The summed E-state index contributed by atoms with van der Waals surface area (Å²) >= 11 is 0. The number of carbonyl (C=O) groups is 1. The van der Waals surface area contributed by atoms with Gasteiger partial charge >= 0.3 is 0 Å². The van der Waals surface area contributed by atoms with Gasteiger partial charge in [0.15, 0.2) is 5.96 Å². The molecule has 6 nitrogen and oxygen atoms in total. The third kappa shape index (κ3) is 5.18. The van der Waals surface area contributed by atoms with Crippen LogP contribution in [0.25, 0.3) is 0 Å². The SMILES string of the molecule is CCCNC(=O)CCN=C(NCC)NC1CC2(CCCC2)Oc2ccccc21. The van der Waals surface area contributed by atoms with E-state index in [4.69, 9.17) is 4.74 Å². The lowest BCUT2D eigenvalue weighted by molar-refractivity contribution is -0.120. The van der Waals surface area contributed by atoms with Crippen molar-refractivity contribution in [1.29, 1.82) is 0 Å². The molecule has 2 aliphatic rings. The molecule has 0 saturated heterocycles. The smallest absolute Gasteiger partial charge is 0.221 e. The normalized spacial score (nSPS) is 20.4. The summed E-state index contributed by atoms with van der Waals surface area (Å²) in [6.45, 7) is 6.09. The molecule has 1 unspecified atom stereocenters. The molecular weight excluding hydrogens is 352 g/mol. The van der Waals surface area contributed by atoms with Crippen LogP contribution in [0.4, 0.5) is 0 Å². The molecule has 1 aromatic rings. The standard InChI is InChI=1S/C22H34N4O2/c1-3-14-24-20(27)11-15-25-21(23-4-2)26-18-16-22(12-7-8-13-22)28-19-10-6-5-9-17(18)19/h5-6,9-10,18H,3-4,7-8,11-16H2,1-2H3,(H,24,27)(H2,23,25,26). The molecule has 3 rings (SSSR count). The second kappa shape index (κ2) is 9.80. The number of fused-ring (bicyclic) bond motifs is 1. The van der Waals surface area contributed by atoms with Gasteiger partial charge in [-0.25, -0.2) is 0 Å². The van der Waals surface area contributed by atoms with E-state index in [1.807, 2.05) is 6.07 Å². The van der Waals surface area contributed by atoms with Crippen LogP contribution in [0.3, 0.4) is 0 Å². The molecule has 1 aliphatic heterocycles. The summed E-state index contributed by atoms with van der Waals surface area (Å²) in [5, 5.41) is 9.83. The number of nitrogens with zero attached hydrogens (tertiary/aromatic N) is 1. The minimum Gasteiger partial charge on any atom is -0.487 e. The molecule has 1 spiro atoms. The number of ether oxygens (including phenoxy) is 1. The Bertz CT molecular complexity index is 683. The highest BCUT2D eigenvalue weighted by Crippen LogP contribution is 2.46. The number of rotatable bonds is 7. The number of aliphatic imine (C=N–C) groups is 1. The Kier molecular flexibility index (Phi) is 7.18. The Hall–Kier alpha value is -2.24. The van der Waals surface area contributed by atoms with Crippen LogP contribution in [0.15, 0.2) is 29.3 Å². The molecule has 1 aromatic carbocycles. The molecule has 0 bridgehead atoms. The van der Waals surface area contributed by atoms with E-state index in [9.17, 15) is 4.79 Å². The monoisotopic (exact) mass is 386 g/mol. The lowest BCUT2D eigenvalue weighted by atomic mass is 9.86. The fourth-order valence-corrected chi connectivity index (χ4v) is 4.18. The van der Waals surface area contributed by atoms with Crippen LogP contribution in [0.2, 0.25) is 0 Å². The first-order valence-corrected chi connectivity index (χ1v) is 10.8. The van der Waals surface area contributed by atoms with Crippen molar-refractivity contribution in [2.75, 3.05) is 19.6 Å². The van der Waals surface area contributed by atoms with Gasteiger partial charge in [0, 0.05) is 31.5 Å². The number of hydrogen-bond acceptors (Lipinski definition) is 3. The van der Waals surface area contributed by atoms with Crippen molar-refractivity contribution in [1.82, 2.24) is 16.0 Å². The van der Waals surface area contributed by atoms with Crippen LogP contribution in [0.1, 0.15) is 70.4 Å². The van der Waals surface area contributed by atoms with Gasteiger partial charge in [-0.15, -0.1) is 0 Å². The summed E-state index contributed by atoms with van der Waals surface area (Å²) in [4.78, 5) is 16.5. The maximum atomic E-state index is 11.8. The van der Waals surface area contributed by atoms with E-state index in [0.29, 0.717) is 13.0 Å². The minimum absolute atomic E-state index is 0.0522. The first-order valence-electron chi connectivity index (χ1n) is 10.8. The summed E-state index contributed by atoms with van der Waals surface area (Å²) in [5.41, 5.74) is 1.13. The molecule has 0 aromatic heterocycles. The Morgan fingerprint density at radius 3 is 2.75 bits per heavy atom. The van der Waals surface area contributed by atoms with Crippen molar-refractivity contribution in [3.63, 3.8) is 0 Å².